The van der Waals surface area contributed by atoms with E-state index in [4.69, 9.17) is 8.83 Å². The Morgan fingerprint density at radius 2 is 0.667 bits per heavy atom. The van der Waals surface area contributed by atoms with Gasteiger partial charge in [0.15, 0.2) is 0 Å². The van der Waals surface area contributed by atoms with Crippen molar-refractivity contribution in [1.29, 1.82) is 0 Å². The molecule has 2 heterocycles. The van der Waals surface area contributed by atoms with E-state index in [1.165, 1.54) is 71.9 Å². The Morgan fingerprint density at radius 1 is 0.275 bits per heavy atom. The van der Waals surface area contributed by atoms with E-state index < -0.39 is 0 Å². The van der Waals surface area contributed by atoms with Crippen LogP contribution in [0.2, 0.25) is 0 Å². The zero-order valence-corrected chi connectivity index (χ0v) is 37.6. The molecular formula is C65H42N2O2. The van der Waals surface area contributed by atoms with Crippen molar-refractivity contribution in [3.05, 3.63) is 263 Å². The summed E-state index contributed by atoms with van der Waals surface area (Å²) in [4.78, 5) is 4.90. The van der Waals surface area contributed by atoms with Gasteiger partial charge in [-0.1, -0.05) is 140 Å². The van der Waals surface area contributed by atoms with E-state index in [-0.39, 0.29) is 5.92 Å². The molecular weight excluding hydrogens is 841 g/mol. The van der Waals surface area contributed by atoms with Crippen molar-refractivity contribution >= 4 is 99.5 Å². The number of benzene rings is 11. The van der Waals surface area contributed by atoms with E-state index in [1.807, 2.05) is 12.1 Å². The summed E-state index contributed by atoms with van der Waals surface area (Å²) < 4.78 is 12.7. The number of hydrogen-bond donors (Lipinski definition) is 0. The average Bonchev–Trinajstić information content (AvgIpc) is 3.97. The first-order valence-corrected chi connectivity index (χ1v) is 23.9. The molecule has 0 fully saturated rings. The van der Waals surface area contributed by atoms with E-state index in [1.54, 1.807) is 0 Å². The number of hydrogen-bond acceptors (Lipinski definition) is 4. The van der Waals surface area contributed by atoms with Crippen LogP contribution in [0.5, 0.6) is 0 Å². The van der Waals surface area contributed by atoms with Crippen molar-refractivity contribution < 1.29 is 8.83 Å². The van der Waals surface area contributed by atoms with Crippen LogP contribution in [0.15, 0.2) is 233 Å². The van der Waals surface area contributed by atoms with Crippen molar-refractivity contribution in [3.63, 3.8) is 0 Å². The van der Waals surface area contributed by atoms with Gasteiger partial charge in [0.25, 0.3) is 0 Å². The SMILES string of the molecule is c1ccc(N(c2ccc3oc4ccccc4c3c2)c2cc3c(c4ccccc24)C2c4c(cccc4Cc4cc(N(c5ccccc5)c5ccc6oc7ccccc7c6c5)c5ccccc5c42)C3)cc1. The molecule has 69 heavy (non-hydrogen) atoms. The van der Waals surface area contributed by atoms with E-state index in [9.17, 15) is 0 Å². The molecule has 0 N–H and O–H groups in total. The van der Waals surface area contributed by atoms with Crippen LogP contribution in [-0.2, 0) is 12.8 Å². The number of anilines is 6. The maximum Gasteiger partial charge on any atom is 0.135 e. The largest absolute Gasteiger partial charge is 0.456 e. The molecule has 2 aliphatic carbocycles. The Balaban J connectivity index is 0.966. The van der Waals surface area contributed by atoms with Crippen LogP contribution in [0.1, 0.15) is 44.9 Å². The number of fused-ring (bicyclic) bond motifs is 14. The van der Waals surface area contributed by atoms with Crippen LogP contribution in [0.25, 0.3) is 65.4 Å². The summed E-state index contributed by atoms with van der Waals surface area (Å²) in [6, 6.07) is 82.0. The monoisotopic (exact) mass is 882 g/mol. The van der Waals surface area contributed by atoms with Crippen LogP contribution in [-0.4, -0.2) is 0 Å². The fourth-order valence-corrected chi connectivity index (χ4v) is 12.1. The lowest BCUT2D eigenvalue weighted by Crippen LogP contribution is -2.24. The van der Waals surface area contributed by atoms with Crippen molar-refractivity contribution in [1.82, 2.24) is 0 Å². The molecule has 4 nitrogen and oxygen atoms in total. The number of rotatable bonds is 6. The fraction of sp³-hybridized carbons (Fsp3) is 0.0462. The Morgan fingerprint density at radius 3 is 1.13 bits per heavy atom. The van der Waals surface area contributed by atoms with E-state index in [0.717, 1.165) is 79.5 Å². The summed E-state index contributed by atoms with van der Waals surface area (Å²) in [5.41, 5.74) is 20.2. The van der Waals surface area contributed by atoms with Crippen molar-refractivity contribution in [2.75, 3.05) is 9.80 Å². The highest BCUT2D eigenvalue weighted by molar-refractivity contribution is 6.10. The molecule has 13 aromatic rings. The smallest absolute Gasteiger partial charge is 0.135 e. The number of para-hydroxylation sites is 4. The van der Waals surface area contributed by atoms with Crippen LogP contribution in [0.3, 0.4) is 0 Å². The highest BCUT2D eigenvalue weighted by atomic mass is 16.3. The Bertz CT molecular complexity index is 3950. The molecule has 0 aliphatic heterocycles. The zero-order chi connectivity index (χ0) is 45.2. The molecule has 15 rings (SSSR count). The van der Waals surface area contributed by atoms with Crippen LogP contribution in [0, 0.1) is 0 Å². The summed E-state index contributed by atoms with van der Waals surface area (Å²) in [5.74, 6) is 0.0410. The highest BCUT2D eigenvalue weighted by Gasteiger charge is 2.38. The van der Waals surface area contributed by atoms with Gasteiger partial charge in [0.1, 0.15) is 22.3 Å². The highest BCUT2D eigenvalue weighted by Crippen LogP contribution is 2.55. The second-order valence-corrected chi connectivity index (χ2v) is 18.7. The van der Waals surface area contributed by atoms with E-state index >= 15 is 0 Å². The van der Waals surface area contributed by atoms with Crippen molar-refractivity contribution in [2.45, 2.75) is 18.8 Å². The van der Waals surface area contributed by atoms with Gasteiger partial charge >= 0.3 is 0 Å². The topological polar surface area (TPSA) is 32.8 Å². The number of nitrogens with zero attached hydrogens (tertiary/aromatic N) is 2. The number of furan rings is 2. The summed E-state index contributed by atoms with van der Waals surface area (Å²) >= 11 is 0. The molecule has 0 bridgehead atoms. The fourth-order valence-electron chi connectivity index (χ4n) is 12.1. The van der Waals surface area contributed by atoms with Crippen molar-refractivity contribution in [3.8, 4) is 0 Å². The maximum atomic E-state index is 6.34. The van der Waals surface area contributed by atoms with E-state index in [2.05, 4.69) is 222 Å². The van der Waals surface area contributed by atoms with Gasteiger partial charge in [-0.2, -0.15) is 0 Å². The van der Waals surface area contributed by atoms with Gasteiger partial charge < -0.3 is 18.6 Å². The van der Waals surface area contributed by atoms with Crippen molar-refractivity contribution in [2.24, 2.45) is 0 Å². The average molecular weight is 883 g/mol. The second-order valence-electron chi connectivity index (χ2n) is 18.7. The second kappa shape index (κ2) is 14.8. The molecule has 0 radical (unpaired) electrons. The lowest BCUT2D eigenvalue weighted by Gasteiger charge is -2.39. The molecule has 2 aliphatic rings. The van der Waals surface area contributed by atoms with Gasteiger partial charge in [-0.15, -0.1) is 0 Å². The third-order valence-corrected chi connectivity index (χ3v) is 15.0. The maximum absolute atomic E-state index is 6.34. The van der Waals surface area contributed by atoms with Gasteiger partial charge in [0.2, 0.25) is 0 Å². The molecule has 4 heteroatoms. The van der Waals surface area contributed by atoms with Gasteiger partial charge in [0.05, 0.1) is 11.4 Å². The predicted octanol–water partition coefficient (Wildman–Crippen LogP) is 17.7. The lowest BCUT2D eigenvalue weighted by molar-refractivity contribution is 0.668. The lowest BCUT2D eigenvalue weighted by atomic mass is 9.66. The van der Waals surface area contributed by atoms with Gasteiger partial charge in [0, 0.05) is 61.0 Å². The Kier molecular flexibility index (Phi) is 8.22. The van der Waals surface area contributed by atoms with Crippen LogP contribution >= 0.6 is 0 Å². The van der Waals surface area contributed by atoms with E-state index in [0.29, 0.717) is 0 Å². The summed E-state index contributed by atoms with van der Waals surface area (Å²) in [6.07, 6.45) is 1.72. The van der Waals surface area contributed by atoms with Gasteiger partial charge in [-0.05, 0) is 147 Å². The minimum absolute atomic E-state index is 0.0410. The molecule has 0 spiro atoms. The Labute approximate surface area is 398 Å². The van der Waals surface area contributed by atoms with Gasteiger partial charge in [-0.25, -0.2) is 0 Å². The molecule has 0 amide bonds. The summed E-state index contributed by atoms with van der Waals surface area (Å²) in [7, 11) is 0. The summed E-state index contributed by atoms with van der Waals surface area (Å²) in [5, 5.41) is 9.50. The van der Waals surface area contributed by atoms with Crippen LogP contribution in [0.4, 0.5) is 34.1 Å². The first-order valence-electron chi connectivity index (χ1n) is 23.9. The molecule has 11 aromatic carbocycles. The van der Waals surface area contributed by atoms with Crippen LogP contribution < -0.4 is 9.80 Å². The Hall–Kier alpha value is -8.86. The molecule has 0 unspecified atom stereocenters. The normalized spacial score (nSPS) is 13.0. The zero-order valence-electron chi connectivity index (χ0n) is 37.6. The first kappa shape index (κ1) is 38.3. The molecule has 0 atom stereocenters. The summed E-state index contributed by atoms with van der Waals surface area (Å²) in [6.45, 7) is 0. The quantitative estimate of drug-likeness (QED) is 0.167. The molecule has 324 valence electrons. The predicted molar refractivity (Wildman–Crippen MR) is 285 cm³/mol. The third kappa shape index (κ3) is 5.76. The van der Waals surface area contributed by atoms with Gasteiger partial charge in [-0.3, -0.25) is 0 Å². The molecule has 0 saturated carbocycles. The minimum atomic E-state index is 0.0410. The molecule has 0 saturated heterocycles. The third-order valence-electron chi connectivity index (χ3n) is 15.0. The minimum Gasteiger partial charge on any atom is -0.456 e. The molecule has 2 aromatic heterocycles. The first-order chi connectivity index (χ1) is 34.2. The standard InChI is InChI=1S/C65H42N2O2/c1-3-18-44(19-4-1)66(46-30-32-60-54(38-46)50-24-11-13-28-58(50)68-60)56-36-42-34-40-16-15-17-41-35-43-37-57(49-23-8-10-27-53(49)64(43)65(62(40)41)63(42)52-26-9-7-22-48(52)56)67(45-20-5-2-6-21-45)47-31-33-61-55(39-47)51-25-12-14-29-59(51)69-61/h1-33,36-39,65H,34-35H2.